The average Bonchev–Trinajstić information content (AvgIpc) is 2.86. The van der Waals surface area contributed by atoms with Gasteiger partial charge in [-0.2, -0.15) is 0 Å². The molecule has 0 aromatic heterocycles. The van der Waals surface area contributed by atoms with Crippen LogP contribution in [0.2, 0.25) is 0 Å². The Balaban J connectivity index is 2.00. The zero-order valence-corrected chi connectivity index (χ0v) is 20.0. The highest BCUT2D eigenvalue weighted by atomic mass is 16.6. The van der Waals surface area contributed by atoms with Crippen LogP contribution < -0.4 is 14.8 Å². The molecular weight excluding hydrogens is 456 g/mol. The summed E-state index contributed by atoms with van der Waals surface area (Å²) in [7, 11) is 4.25. The van der Waals surface area contributed by atoms with Crippen LogP contribution in [-0.4, -0.2) is 38.2 Å². The molecule has 1 aliphatic heterocycles. The second-order valence-corrected chi connectivity index (χ2v) is 7.74. The summed E-state index contributed by atoms with van der Waals surface area (Å²) in [5.74, 6) is -1.26. The fourth-order valence-electron chi connectivity index (χ4n) is 3.99. The summed E-state index contributed by atoms with van der Waals surface area (Å²) in [6.07, 6.45) is 0. The van der Waals surface area contributed by atoms with Gasteiger partial charge in [-0.15, -0.1) is 0 Å². The van der Waals surface area contributed by atoms with Gasteiger partial charge in [-0.05, 0) is 37.1 Å². The van der Waals surface area contributed by atoms with E-state index in [1.807, 2.05) is 0 Å². The maximum Gasteiger partial charge on any atom is 0.337 e. The smallest absolute Gasteiger partial charge is 0.337 e. The number of benzene rings is 2. The molecule has 1 N–H and O–H groups in total. The zero-order chi connectivity index (χ0) is 25.7. The molecule has 0 bridgehead atoms. The topological polar surface area (TPSA) is 126 Å². The number of hydrogen-bond donors (Lipinski definition) is 1. The largest absolute Gasteiger partial charge is 0.493 e. The second-order valence-electron chi connectivity index (χ2n) is 7.74. The maximum absolute atomic E-state index is 13.3. The van der Waals surface area contributed by atoms with Crippen molar-refractivity contribution in [2.75, 3.05) is 21.3 Å². The van der Waals surface area contributed by atoms with Crippen molar-refractivity contribution >= 4 is 17.6 Å². The van der Waals surface area contributed by atoms with Gasteiger partial charge in [-0.1, -0.05) is 18.2 Å². The van der Waals surface area contributed by atoms with E-state index in [-0.39, 0.29) is 23.4 Å². The van der Waals surface area contributed by atoms with Gasteiger partial charge in [0.2, 0.25) is 0 Å². The number of carbonyl (C=O) groups is 2. The van der Waals surface area contributed by atoms with Gasteiger partial charge in [0, 0.05) is 23.5 Å². The van der Waals surface area contributed by atoms with E-state index in [1.165, 1.54) is 39.5 Å². The van der Waals surface area contributed by atoms with E-state index in [2.05, 4.69) is 5.32 Å². The van der Waals surface area contributed by atoms with Crippen LogP contribution in [0.15, 0.2) is 65.0 Å². The Labute approximate surface area is 202 Å². The van der Waals surface area contributed by atoms with E-state index >= 15 is 0 Å². The number of rotatable bonds is 8. The Hall–Kier alpha value is -4.34. The van der Waals surface area contributed by atoms with Crippen molar-refractivity contribution in [3.63, 3.8) is 0 Å². The fourth-order valence-corrected chi connectivity index (χ4v) is 3.99. The summed E-state index contributed by atoms with van der Waals surface area (Å²) < 4.78 is 21.1. The first-order valence-corrected chi connectivity index (χ1v) is 10.6. The highest BCUT2D eigenvalue weighted by molar-refractivity contribution is 5.99. The SMILES string of the molecule is COC(=O)C1=C(C)NC(C)=C(C(=O)OCc2ccc(OC)c(OC)c2)C1c1cccc([N+](=O)[O-])c1. The lowest BCUT2D eigenvalue weighted by Gasteiger charge is -2.30. The van der Waals surface area contributed by atoms with Crippen molar-refractivity contribution in [3.05, 3.63) is 86.2 Å². The number of non-ortho nitro benzene ring substituents is 1. The van der Waals surface area contributed by atoms with Crippen LogP contribution in [0.3, 0.4) is 0 Å². The lowest BCUT2D eigenvalue weighted by Crippen LogP contribution is -2.32. The van der Waals surface area contributed by atoms with Gasteiger partial charge in [0.1, 0.15) is 6.61 Å². The number of esters is 2. The number of nitro groups is 1. The minimum absolute atomic E-state index is 0.0755. The minimum Gasteiger partial charge on any atom is -0.493 e. The molecule has 1 heterocycles. The molecule has 10 nitrogen and oxygen atoms in total. The number of carbonyl (C=O) groups excluding carboxylic acids is 2. The molecule has 1 unspecified atom stereocenters. The highest BCUT2D eigenvalue weighted by Gasteiger charge is 2.38. The number of nitro benzene ring substituents is 1. The fraction of sp³-hybridized carbons (Fsp3) is 0.280. The molecule has 1 aliphatic rings. The second kappa shape index (κ2) is 10.7. The summed E-state index contributed by atoms with van der Waals surface area (Å²) in [4.78, 5) is 36.9. The highest BCUT2D eigenvalue weighted by Crippen LogP contribution is 2.40. The third kappa shape index (κ3) is 5.26. The van der Waals surface area contributed by atoms with Gasteiger partial charge in [0.15, 0.2) is 11.5 Å². The summed E-state index contributed by atoms with van der Waals surface area (Å²) >= 11 is 0. The lowest BCUT2D eigenvalue weighted by molar-refractivity contribution is -0.384. The van der Waals surface area contributed by atoms with Crippen LogP contribution in [0.1, 0.15) is 30.9 Å². The van der Waals surface area contributed by atoms with Gasteiger partial charge in [-0.25, -0.2) is 9.59 Å². The van der Waals surface area contributed by atoms with Crippen molar-refractivity contribution in [2.24, 2.45) is 0 Å². The predicted molar refractivity (Wildman–Crippen MR) is 126 cm³/mol. The summed E-state index contributed by atoms with van der Waals surface area (Å²) in [5.41, 5.74) is 2.13. The van der Waals surface area contributed by atoms with Crippen LogP contribution in [0.4, 0.5) is 5.69 Å². The maximum atomic E-state index is 13.3. The van der Waals surface area contributed by atoms with E-state index in [4.69, 9.17) is 18.9 Å². The van der Waals surface area contributed by atoms with Gasteiger partial charge in [-0.3, -0.25) is 10.1 Å². The normalized spacial score (nSPS) is 15.3. The molecule has 2 aromatic carbocycles. The van der Waals surface area contributed by atoms with Crippen LogP contribution in [0.25, 0.3) is 0 Å². The Bertz CT molecular complexity index is 1230. The van der Waals surface area contributed by atoms with Gasteiger partial charge in [0.05, 0.1) is 43.3 Å². The molecule has 2 aromatic rings. The van der Waals surface area contributed by atoms with Gasteiger partial charge < -0.3 is 24.3 Å². The van der Waals surface area contributed by atoms with Crippen molar-refractivity contribution in [1.82, 2.24) is 5.32 Å². The van der Waals surface area contributed by atoms with E-state index < -0.39 is 22.8 Å². The Morgan fingerprint density at radius 1 is 0.943 bits per heavy atom. The van der Waals surface area contributed by atoms with Crippen molar-refractivity contribution in [3.8, 4) is 11.5 Å². The van der Waals surface area contributed by atoms with Crippen molar-refractivity contribution in [1.29, 1.82) is 0 Å². The third-order valence-corrected chi connectivity index (χ3v) is 5.62. The van der Waals surface area contributed by atoms with Crippen LogP contribution in [-0.2, 0) is 25.7 Å². The first-order chi connectivity index (χ1) is 16.7. The number of ether oxygens (including phenoxy) is 4. The average molecular weight is 482 g/mol. The molecule has 35 heavy (non-hydrogen) atoms. The molecule has 3 rings (SSSR count). The van der Waals surface area contributed by atoms with Crippen LogP contribution in [0.5, 0.6) is 11.5 Å². The zero-order valence-electron chi connectivity index (χ0n) is 20.0. The number of nitrogens with one attached hydrogen (secondary N) is 1. The van der Waals surface area contributed by atoms with E-state index in [0.717, 1.165) is 0 Å². The van der Waals surface area contributed by atoms with Crippen LogP contribution in [0, 0.1) is 10.1 Å². The molecular formula is C25H26N2O8. The molecule has 0 radical (unpaired) electrons. The number of nitrogens with zero attached hydrogens (tertiary/aromatic N) is 1. The molecule has 1 atom stereocenters. The van der Waals surface area contributed by atoms with E-state index in [9.17, 15) is 19.7 Å². The standard InChI is InChI=1S/C25H26N2O8/c1-14-21(24(28)34-5)23(17-7-6-8-18(12-17)27(30)31)22(15(2)26-14)25(29)35-13-16-9-10-19(32-3)20(11-16)33-4/h6-12,23,26H,13H2,1-5H3. The molecule has 10 heteroatoms. The summed E-state index contributed by atoms with van der Waals surface area (Å²) in [5, 5.41) is 14.4. The molecule has 0 spiro atoms. The number of allylic oxidation sites excluding steroid dienone is 2. The number of hydrogen-bond acceptors (Lipinski definition) is 9. The molecule has 0 saturated heterocycles. The first-order valence-electron chi connectivity index (χ1n) is 10.6. The molecule has 0 fully saturated rings. The van der Waals surface area contributed by atoms with Crippen molar-refractivity contribution < 1.29 is 33.5 Å². The summed E-state index contributed by atoms with van der Waals surface area (Å²) in [6.45, 7) is 3.27. The monoisotopic (exact) mass is 482 g/mol. The Morgan fingerprint density at radius 3 is 2.20 bits per heavy atom. The molecule has 184 valence electrons. The van der Waals surface area contributed by atoms with E-state index in [1.54, 1.807) is 38.1 Å². The van der Waals surface area contributed by atoms with Crippen molar-refractivity contribution in [2.45, 2.75) is 26.4 Å². The lowest BCUT2D eigenvalue weighted by atomic mass is 9.80. The Morgan fingerprint density at radius 2 is 1.60 bits per heavy atom. The summed E-state index contributed by atoms with van der Waals surface area (Å²) in [6, 6.07) is 10.9. The van der Waals surface area contributed by atoms with Gasteiger partial charge in [0.25, 0.3) is 5.69 Å². The molecule has 0 saturated carbocycles. The number of methoxy groups -OCH3 is 3. The minimum atomic E-state index is -0.929. The van der Waals surface area contributed by atoms with Crippen LogP contribution >= 0.6 is 0 Å². The Kier molecular flexibility index (Phi) is 7.75. The van der Waals surface area contributed by atoms with E-state index in [0.29, 0.717) is 34.0 Å². The predicted octanol–water partition coefficient (Wildman–Crippen LogP) is 3.76. The molecule has 0 amide bonds. The third-order valence-electron chi connectivity index (χ3n) is 5.62. The number of dihydropyridines is 1. The first kappa shape index (κ1) is 25.3. The quantitative estimate of drug-likeness (QED) is 0.340. The molecule has 0 aliphatic carbocycles. The van der Waals surface area contributed by atoms with Gasteiger partial charge >= 0.3 is 11.9 Å².